The van der Waals surface area contributed by atoms with Crippen LogP contribution in [0.5, 0.6) is 0 Å². The third-order valence-electron chi connectivity index (χ3n) is 4.58. The monoisotopic (exact) mass is 209 g/mol. The molecule has 0 aromatic carbocycles. The molecule has 2 rings (SSSR count). The third kappa shape index (κ3) is 3.21. The van der Waals surface area contributed by atoms with E-state index in [4.69, 9.17) is 0 Å². The highest BCUT2D eigenvalue weighted by atomic mass is 14.9. The fourth-order valence-electron chi connectivity index (χ4n) is 2.80. The zero-order valence-electron chi connectivity index (χ0n) is 10.7. The van der Waals surface area contributed by atoms with Crippen LogP contribution in [0.4, 0.5) is 0 Å². The van der Waals surface area contributed by atoms with Gasteiger partial charge in [-0.25, -0.2) is 0 Å². The molecule has 0 bridgehead atoms. The van der Waals surface area contributed by atoms with Crippen molar-refractivity contribution in [2.24, 2.45) is 17.3 Å². The molecular formula is C14H27N. The summed E-state index contributed by atoms with van der Waals surface area (Å²) >= 11 is 0. The van der Waals surface area contributed by atoms with E-state index in [9.17, 15) is 0 Å². The lowest BCUT2D eigenvalue weighted by atomic mass is 9.79. The standard InChI is InChI=1S/C14H27N/c1-11(2)12-5-4-6-13(9-12)15-10-14(3)7-8-14/h11-13,15H,4-10H2,1-3H3. The lowest BCUT2D eigenvalue weighted by Gasteiger charge is -2.32. The molecule has 1 nitrogen and oxygen atoms in total. The summed E-state index contributed by atoms with van der Waals surface area (Å²) in [6.07, 6.45) is 8.64. The van der Waals surface area contributed by atoms with Crippen LogP contribution in [-0.4, -0.2) is 12.6 Å². The van der Waals surface area contributed by atoms with E-state index in [0.717, 1.165) is 17.9 Å². The van der Waals surface area contributed by atoms with Crippen LogP contribution in [0.1, 0.15) is 59.3 Å². The van der Waals surface area contributed by atoms with Gasteiger partial charge < -0.3 is 5.32 Å². The van der Waals surface area contributed by atoms with Crippen LogP contribution in [0.15, 0.2) is 0 Å². The summed E-state index contributed by atoms with van der Waals surface area (Å²) in [6.45, 7) is 8.45. The lowest BCUT2D eigenvalue weighted by Crippen LogP contribution is -2.38. The molecular weight excluding hydrogens is 182 g/mol. The van der Waals surface area contributed by atoms with Gasteiger partial charge in [0, 0.05) is 12.6 Å². The largest absolute Gasteiger partial charge is 0.313 e. The Bertz CT molecular complexity index is 205. The van der Waals surface area contributed by atoms with Gasteiger partial charge in [-0.2, -0.15) is 0 Å². The van der Waals surface area contributed by atoms with Crippen LogP contribution < -0.4 is 5.32 Å². The van der Waals surface area contributed by atoms with Crippen molar-refractivity contribution in [1.29, 1.82) is 0 Å². The van der Waals surface area contributed by atoms with Crippen LogP contribution in [0.25, 0.3) is 0 Å². The number of nitrogens with one attached hydrogen (secondary N) is 1. The van der Waals surface area contributed by atoms with Gasteiger partial charge >= 0.3 is 0 Å². The average Bonchev–Trinajstić information content (AvgIpc) is 2.95. The smallest absolute Gasteiger partial charge is 0.00700 e. The first kappa shape index (κ1) is 11.4. The lowest BCUT2D eigenvalue weighted by molar-refractivity contribution is 0.225. The van der Waals surface area contributed by atoms with Gasteiger partial charge in [-0.15, -0.1) is 0 Å². The molecule has 0 aromatic heterocycles. The maximum Gasteiger partial charge on any atom is 0.00700 e. The zero-order valence-corrected chi connectivity index (χ0v) is 10.7. The van der Waals surface area contributed by atoms with Crippen molar-refractivity contribution in [3.63, 3.8) is 0 Å². The van der Waals surface area contributed by atoms with E-state index in [1.165, 1.54) is 45.1 Å². The van der Waals surface area contributed by atoms with E-state index in [1.807, 2.05) is 0 Å². The fraction of sp³-hybridized carbons (Fsp3) is 1.00. The highest BCUT2D eigenvalue weighted by Gasteiger charge is 2.37. The molecule has 15 heavy (non-hydrogen) atoms. The Morgan fingerprint density at radius 1 is 1.27 bits per heavy atom. The Morgan fingerprint density at radius 2 is 2.00 bits per heavy atom. The Balaban J connectivity index is 1.72. The van der Waals surface area contributed by atoms with Crippen molar-refractivity contribution < 1.29 is 0 Å². The van der Waals surface area contributed by atoms with E-state index >= 15 is 0 Å². The SMILES string of the molecule is CC(C)C1CCCC(NCC2(C)CC2)C1. The molecule has 2 unspecified atom stereocenters. The third-order valence-corrected chi connectivity index (χ3v) is 4.58. The minimum Gasteiger partial charge on any atom is -0.313 e. The van der Waals surface area contributed by atoms with Crippen molar-refractivity contribution in [2.75, 3.05) is 6.54 Å². The van der Waals surface area contributed by atoms with Crippen molar-refractivity contribution in [2.45, 2.75) is 65.3 Å². The molecule has 0 saturated heterocycles. The number of hydrogen-bond acceptors (Lipinski definition) is 1. The van der Waals surface area contributed by atoms with E-state index < -0.39 is 0 Å². The predicted molar refractivity (Wildman–Crippen MR) is 65.9 cm³/mol. The summed E-state index contributed by atoms with van der Waals surface area (Å²) in [6, 6.07) is 0.823. The molecule has 0 spiro atoms. The van der Waals surface area contributed by atoms with Gasteiger partial charge in [0.05, 0.1) is 0 Å². The van der Waals surface area contributed by atoms with Crippen molar-refractivity contribution >= 4 is 0 Å². The minimum absolute atomic E-state index is 0.671. The molecule has 0 aliphatic heterocycles. The topological polar surface area (TPSA) is 12.0 Å². The summed E-state index contributed by atoms with van der Waals surface area (Å²) in [7, 11) is 0. The highest BCUT2D eigenvalue weighted by molar-refractivity contribution is 4.92. The second-order valence-electron chi connectivity index (χ2n) is 6.56. The Hall–Kier alpha value is -0.0400. The van der Waals surface area contributed by atoms with E-state index in [0.29, 0.717) is 5.41 Å². The quantitative estimate of drug-likeness (QED) is 0.746. The van der Waals surface area contributed by atoms with Crippen LogP contribution in [0, 0.1) is 17.3 Å². The first-order valence-electron chi connectivity index (χ1n) is 6.82. The molecule has 2 fully saturated rings. The first-order chi connectivity index (χ1) is 7.09. The molecule has 0 amide bonds. The van der Waals surface area contributed by atoms with Crippen LogP contribution in [-0.2, 0) is 0 Å². The number of rotatable bonds is 4. The summed E-state index contributed by atoms with van der Waals surface area (Å²) in [5, 5.41) is 3.81. The fourth-order valence-corrected chi connectivity index (χ4v) is 2.80. The molecule has 2 aliphatic carbocycles. The summed E-state index contributed by atoms with van der Waals surface area (Å²) < 4.78 is 0. The maximum absolute atomic E-state index is 3.81. The first-order valence-corrected chi connectivity index (χ1v) is 6.82. The van der Waals surface area contributed by atoms with Crippen molar-refractivity contribution in [3.05, 3.63) is 0 Å². The Morgan fingerprint density at radius 3 is 2.60 bits per heavy atom. The summed E-state index contributed by atoms with van der Waals surface area (Å²) in [5.41, 5.74) is 0.671. The van der Waals surface area contributed by atoms with Gasteiger partial charge in [-0.3, -0.25) is 0 Å². The molecule has 88 valence electrons. The second kappa shape index (κ2) is 4.45. The molecule has 0 radical (unpaired) electrons. The van der Waals surface area contributed by atoms with Gasteiger partial charge in [0.15, 0.2) is 0 Å². The maximum atomic E-state index is 3.81. The van der Waals surface area contributed by atoms with Gasteiger partial charge in [-0.05, 0) is 42.9 Å². The molecule has 0 aromatic rings. The van der Waals surface area contributed by atoms with Gasteiger partial charge in [0.1, 0.15) is 0 Å². The summed E-state index contributed by atoms with van der Waals surface area (Å²) in [4.78, 5) is 0. The number of hydrogen-bond donors (Lipinski definition) is 1. The highest BCUT2D eigenvalue weighted by Crippen LogP contribution is 2.44. The zero-order chi connectivity index (χ0) is 10.9. The Kier molecular flexibility index (Phi) is 3.39. The predicted octanol–water partition coefficient (Wildman–Crippen LogP) is 3.59. The summed E-state index contributed by atoms with van der Waals surface area (Å²) in [5.74, 6) is 1.86. The van der Waals surface area contributed by atoms with Crippen molar-refractivity contribution in [3.8, 4) is 0 Å². The van der Waals surface area contributed by atoms with Gasteiger partial charge in [0.25, 0.3) is 0 Å². The van der Waals surface area contributed by atoms with Crippen LogP contribution in [0.3, 0.4) is 0 Å². The Labute approximate surface area is 95.0 Å². The average molecular weight is 209 g/mol. The van der Waals surface area contributed by atoms with Crippen molar-refractivity contribution in [1.82, 2.24) is 5.32 Å². The van der Waals surface area contributed by atoms with Gasteiger partial charge in [0.2, 0.25) is 0 Å². The van der Waals surface area contributed by atoms with E-state index in [2.05, 4.69) is 26.1 Å². The second-order valence-corrected chi connectivity index (χ2v) is 6.56. The molecule has 1 heteroatoms. The van der Waals surface area contributed by atoms with E-state index in [-0.39, 0.29) is 0 Å². The molecule has 0 heterocycles. The van der Waals surface area contributed by atoms with Crippen LogP contribution in [0.2, 0.25) is 0 Å². The van der Waals surface area contributed by atoms with Crippen LogP contribution >= 0.6 is 0 Å². The van der Waals surface area contributed by atoms with E-state index in [1.54, 1.807) is 0 Å². The molecule has 2 aliphatic rings. The molecule has 2 atom stereocenters. The molecule has 1 N–H and O–H groups in total. The minimum atomic E-state index is 0.671. The normalized spacial score (nSPS) is 34.4. The molecule has 2 saturated carbocycles. The van der Waals surface area contributed by atoms with Gasteiger partial charge in [-0.1, -0.05) is 33.6 Å².